The summed E-state index contributed by atoms with van der Waals surface area (Å²) in [5.41, 5.74) is 0. The lowest BCUT2D eigenvalue weighted by molar-refractivity contribution is -0.137. The predicted octanol–water partition coefficient (Wildman–Crippen LogP) is 2.96. The van der Waals surface area contributed by atoms with Gasteiger partial charge in [-0.25, -0.2) is 0 Å². The van der Waals surface area contributed by atoms with E-state index in [2.05, 4.69) is 5.18 Å². The quantitative estimate of drug-likeness (QED) is 0.436. The van der Waals surface area contributed by atoms with Crippen LogP contribution in [0.1, 0.15) is 51.4 Å². The first-order valence-electron chi connectivity index (χ1n) is 5.28. The summed E-state index contributed by atoms with van der Waals surface area (Å²) in [7, 11) is 0. The number of unbranched alkanes of at least 4 members (excludes halogenated alkanes) is 6. The van der Waals surface area contributed by atoms with Crippen LogP contribution in [0.2, 0.25) is 0 Å². The van der Waals surface area contributed by atoms with E-state index in [-0.39, 0.29) is 6.42 Å². The third kappa shape index (κ3) is 11.1. The van der Waals surface area contributed by atoms with E-state index in [4.69, 9.17) is 5.11 Å². The molecule has 0 aliphatic heterocycles. The van der Waals surface area contributed by atoms with Crippen molar-refractivity contribution in [2.24, 2.45) is 5.18 Å². The smallest absolute Gasteiger partial charge is 0.303 e. The van der Waals surface area contributed by atoms with Crippen molar-refractivity contribution in [1.82, 2.24) is 0 Å². The average molecular weight is 201 g/mol. The van der Waals surface area contributed by atoms with Gasteiger partial charge < -0.3 is 5.11 Å². The van der Waals surface area contributed by atoms with Crippen LogP contribution in [0.3, 0.4) is 0 Å². The molecule has 1 N–H and O–H groups in total. The molecule has 14 heavy (non-hydrogen) atoms. The zero-order valence-corrected chi connectivity index (χ0v) is 8.57. The molecule has 0 spiro atoms. The van der Waals surface area contributed by atoms with Crippen molar-refractivity contribution in [2.45, 2.75) is 51.4 Å². The van der Waals surface area contributed by atoms with Crippen LogP contribution in [0.15, 0.2) is 5.18 Å². The Kier molecular flexibility index (Phi) is 9.48. The standard InChI is InChI=1S/C10H19NO3/c12-10(13)8-6-4-2-1-3-5-7-9-11-14/h1-9H2,(H,12,13). The molecule has 4 heteroatoms. The monoisotopic (exact) mass is 201 g/mol. The molecule has 0 heterocycles. The molecule has 0 saturated heterocycles. The van der Waals surface area contributed by atoms with Crippen molar-refractivity contribution in [3.8, 4) is 0 Å². The Morgan fingerprint density at radius 1 is 0.929 bits per heavy atom. The molecule has 4 nitrogen and oxygen atoms in total. The maximum atomic E-state index is 10.2. The number of rotatable bonds is 10. The molecule has 0 aromatic heterocycles. The Bertz CT molecular complexity index is 159. The van der Waals surface area contributed by atoms with E-state index in [1.807, 2.05) is 0 Å². The topological polar surface area (TPSA) is 66.7 Å². The number of aliphatic carboxylic acids is 1. The van der Waals surface area contributed by atoms with E-state index >= 15 is 0 Å². The van der Waals surface area contributed by atoms with Crippen LogP contribution in [-0.2, 0) is 4.79 Å². The Hall–Kier alpha value is -0.930. The molecule has 0 aromatic rings. The summed E-state index contributed by atoms with van der Waals surface area (Å²) >= 11 is 0. The second-order valence-corrected chi connectivity index (χ2v) is 3.47. The minimum atomic E-state index is -0.706. The maximum absolute atomic E-state index is 10.2. The summed E-state index contributed by atoms with van der Waals surface area (Å²) < 4.78 is 0. The Balaban J connectivity index is 2.92. The minimum absolute atomic E-state index is 0.287. The van der Waals surface area contributed by atoms with Gasteiger partial charge in [0, 0.05) is 6.42 Å². The SMILES string of the molecule is O=NCCCCCCCCCC(=O)O. The van der Waals surface area contributed by atoms with Gasteiger partial charge in [0.2, 0.25) is 0 Å². The minimum Gasteiger partial charge on any atom is -0.481 e. The molecule has 0 radical (unpaired) electrons. The van der Waals surface area contributed by atoms with E-state index in [0.717, 1.165) is 44.9 Å². The van der Waals surface area contributed by atoms with Crippen molar-refractivity contribution in [1.29, 1.82) is 0 Å². The fourth-order valence-corrected chi connectivity index (χ4v) is 1.34. The van der Waals surface area contributed by atoms with Crippen LogP contribution >= 0.6 is 0 Å². The highest BCUT2D eigenvalue weighted by Crippen LogP contribution is 2.08. The summed E-state index contributed by atoms with van der Waals surface area (Å²) in [6.07, 6.45) is 7.38. The molecule has 0 amide bonds. The number of nitroso groups, excluding NO2 is 1. The fraction of sp³-hybridized carbons (Fsp3) is 0.900. The van der Waals surface area contributed by atoms with Crippen LogP contribution in [0.4, 0.5) is 0 Å². The molecule has 0 aliphatic carbocycles. The van der Waals surface area contributed by atoms with E-state index in [9.17, 15) is 9.70 Å². The predicted molar refractivity (Wildman–Crippen MR) is 55.2 cm³/mol. The molecule has 0 atom stereocenters. The summed E-state index contributed by atoms with van der Waals surface area (Å²) in [5, 5.41) is 11.2. The number of carbonyl (C=O) groups is 1. The highest BCUT2D eigenvalue weighted by molar-refractivity contribution is 5.66. The van der Waals surface area contributed by atoms with Gasteiger partial charge in [0.25, 0.3) is 0 Å². The molecule has 82 valence electrons. The number of hydrogen-bond donors (Lipinski definition) is 1. The van der Waals surface area contributed by atoms with Crippen molar-refractivity contribution < 1.29 is 9.90 Å². The molecule has 0 rings (SSSR count). The zero-order chi connectivity index (χ0) is 10.6. The lowest BCUT2D eigenvalue weighted by Crippen LogP contribution is -1.93. The first-order valence-corrected chi connectivity index (χ1v) is 5.28. The van der Waals surface area contributed by atoms with E-state index < -0.39 is 5.97 Å². The molecular weight excluding hydrogens is 182 g/mol. The highest BCUT2D eigenvalue weighted by atomic mass is 16.4. The molecule has 0 fully saturated rings. The van der Waals surface area contributed by atoms with Gasteiger partial charge in [0.05, 0.1) is 6.54 Å². The lowest BCUT2D eigenvalue weighted by Gasteiger charge is -1.99. The van der Waals surface area contributed by atoms with Crippen LogP contribution in [0.25, 0.3) is 0 Å². The summed E-state index contributed by atoms with van der Waals surface area (Å²) in [5.74, 6) is -0.706. The summed E-state index contributed by atoms with van der Waals surface area (Å²) in [4.78, 5) is 19.9. The molecular formula is C10H19NO3. The summed E-state index contributed by atoms with van der Waals surface area (Å²) in [6.45, 7) is 0.430. The summed E-state index contributed by atoms with van der Waals surface area (Å²) in [6, 6.07) is 0. The molecule has 0 unspecified atom stereocenters. The van der Waals surface area contributed by atoms with E-state index in [1.54, 1.807) is 0 Å². The van der Waals surface area contributed by atoms with Crippen molar-refractivity contribution in [3.63, 3.8) is 0 Å². The third-order valence-electron chi connectivity index (χ3n) is 2.14. The largest absolute Gasteiger partial charge is 0.481 e. The third-order valence-corrected chi connectivity index (χ3v) is 2.14. The van der Waals surface area contributed by atoms with Gasteiger partial charge in [-0.2, -0.15) is 4.91 Å². The van der Waals surface area contributed by atoms with E-state index in [1.165, 1.54) is 0 Å². The van der Waals surface area contributed by atoms with Crippen molar-refractivity contribution in [3.05, 3.63) is 4.91 Å². The average Bonchev–Trinajstić information content (AvgIpc) is 2.15. The fourth-order valence-electron chi connectivity index (χ4n) is 1.34. The van der Waals surface area contributed by atoms with Crippen molar-refractivity contribution >= 4 is 5.97 Å². The molecule has 0 bridgehead atoms. The van der Waals surface area contributed by atoms with Gasteiger partial charge in [0.15, 0.2) is 0 Å². The second kappa shape index (κ2) is 10.2. The van der Waals surface area contributed by atoms with Gasteiger partial charge in [-0.3, -0.25) is 4.79 Å². The van der Waals surface area contributed by atoms with Crippen LogP contribution in [-0.4, -0.2) is 17.6 Å². The highest BCUT2D eigenvalue weighted by Gasteiger charge is 1.96. The number of carboxylic acids is 1. The second-order valence-electron chi connectivity index (χ2n) is 3.47. The van der Waals surface area contributed by atoms with E-state index in [0.29, 0.717) is 6.54 Å². The maximum Gasteiger partial charge on any atom is 0.303 e. The first-order chi connectivity index (χ1) is 6.77. The van der Waals surface area contributed by atoms with Crippen LogP contribution < -0.4 is 0 Å². The number of nitrogens with zero attached hydrogens (tertiary/aromatic N) is 1. The zero-order valence-electron chi connectivity index (χ0n) is 8.57. The van der Waals surface area contributed by atoms with Gasteiger partial charge in [-0.1, -0.05) is 37.3 Å². The van der Waals surface area contributed by atoms with Gasteiger partial charge in [-0.05, 0) is 12.8 Å². The molecule has 0 aliphatic rings. The Labute approximate surface area is 84.7 Å². The van der Waals surface area contributed by atoms with Gasteiger partial charge in [0.1, 0.15) is 0 Å². The Morgan fingerprint density at radius 2 is 1.43 bits per heavy atom. The normalized spacial score (nSPS) is 10.0. The Morgan fingerprint density at radius 3 is 1.93 bits per heavy atom. The first kappa shape index (κ1) is 13.1. The van der Waals surface area contributed by atoms with Gasteiger partial charge >= 0.3 is 5.97 Å². The molecule has 0 aromatic carbocycles. The number of carboxylic acid groups (broad SMARTS) is 1. The van der Waals surface area contributed by atoms with Crippen molar-refractivity contribution in [2.75, 3.05) is 6.54 Å². The van der Waals surface area contributed by atoms with Crippen LogP contribution in [0, 0.1) is 4.91 Å². The number of hydrogen-bond acceptors (Lipinski definition) is 3. The lowest BCUT2D eigenvalue weighted by atomic mass is 10.1. The molecule has 0 saturated carbocycles. The van der Waals surface area contributed by atoms with Gasteiger partial charge in [-0.15, -0.1) is 0 Å². The van der Waals surface area contributed by atoms with Crippen LogP contribution in [0.5, 0.6) is 0 Å².